The number of ether oxygens (including phenoxy) is 1. The number of esters is 1. The average Bonchev–Trinajstić information content (AvgIpc) is 3.24. The van der Waals surface area contributed by atoms with Crippen LogP contribution in [0, 0.1) is 19.3 Å². The second-order valence-electron chi connectivity index (χ2n) is 6.92. The molecule has 0 atom stereocenters. The van der Waals surface area contributed by atoms with Gasteiger partial charge in [0.1, 0.15) is 5.82 Å². The van der Waals surface area contributed by atoms with Crippen molar-refractivity contribution < 1.29 is 22.7 Å². The average molecular weight is 385 g/mol. The quantitative estimate of drug-likeness (QED) is 0.796. The van der Waals surface area contributed by atoms with Gasteiger partial charge in [-0.1, -0.05) is 12.8 Å². The van der Waals surface area contributed by atoms with E-state index in [0.29, 0.717) is 35.1 Å². The van der Waals surface area contributed by atoms with Gasteiger partial charge in [0, 0.05) is 12.1 Å². The van der Waals surface area contributed by atoms with Crippen molar-refractivity contribution in [2.45, 2.75) is 52.6 Å². The molecule has 2 heterocycles. The van der Waals surface area contributed by atoms with E-state index in [4.69, 9.17) is 4.74 Å². The Morgan fingerprint density at radius 2 is 1.89 bits per heavy atom. The van der Waals surface area contributed by atoms with Crippen molar-refractivity contribution in [2.75, 3.05) is 18.5 Å². The minimum absolute atomic E-state index is 0.0614. The van der Waals surface area contributed by atoms with Crippen LogP contribution in [0.4, 0.5) is 19.0 Å². The first-order valence-electron chi connectivity index (χ1n) is 8.90. The lowest BCUT2D eigenvalue weighted by Crippen LogP contribution is -2.37. The van der Waals surface area contributed by atoms with Crippen molar-refractivity contribution >= 4 is 17.4 Å². The van der Waals surface area contributed by atoms with E-state index in [2.05, 4.69) is 20.6 Å². The lowest BCUT2D eigenvalue weighted by Gasteiger charge is -2.27. The monoisotopic (exact) mass is 385 g/mol. The van der Waals surface area contributed by atoms with Crippen LogP contribution in [0.5, 0.6) is 0 Å². The molecule has 0 unspecified atom stereocenters. The first-order valence-corrected chi connectivity index (χ1v) is 8.90. The minimum Gasteiger partial charge on any atom is -0.466 e. The van der Waals surface area contributed by atoms with E-state index in [1.54, 1.807) is 20.8 Å². The highest BCUT2D eigenvalue weighted by Gasteiger charge is 2.43. The number of hydrogen-bond donors (Lipinski definition) is 1. The summed E-state index contributed by atoms with van der Waals surface area (Å²) in [7, 11) is 0. The van der Waals surface area contributed by atoms with Crippen LogP contribution in [0.15, 0.2) is 0 Å². The summed E-state index contributed by atoms with van der Waals surface area (Å²) < 4.78 is 45.4. The second kappa shape index (κ2) is 6.97. The van der Waals surface area contributed by atoms with Gasteiger partial charge >= 0.3 is 12.1 Å². The molecule has 0 amide bonds. The summed E-state index contributed by atoms with van der Waals surface area (Å²) in [6.07, 6.45) is -1.48. The summed E-state index contributed by atoms with van der Waals surface area (Å²) in [6.45, 7) is 5.72. The van der Waals surface area contributed by atoms with Gasteiger partial charge in [0.15, 0.2) is 5.65 Å². The normalized spacial score (nSPS) is 16.7. The molecule has 10 heteroatoms. The number of carbonyl (C=O) groups excluding carboxylic acids is 1. The Kier molecular flexibility index (Phi) is 5.00. The molecule has 0 aromatic carbocycles. The van der Waals surface area contributed by atoms with E-state index >= 15 is 0 Å². The standard InChI is InChI=1S/C17H22F3N5O2/c1-4-27-15(26)16(7-5-6-8-16)9-21-12-10(2)11(3)13-22-23-14(17(18,19)20)25(13)24-12/h4-9H2,1-3H3,(H,21,24). The maximum Gasteiger partial charge on any atom is 0.453 e. The van der Waals surface area contributed by atoms with Gasteiger partial charge in [0.2, 0.25) is 0 Å². The zero-order valence-corrected chi connectivity index (χ0v) is 15.5. The fraction of sp³-hybridized carbons (Fsp3) is 0.647. The van der Waals surface area contributed by atoms with E-state index in [1.807, 2.05) is 0 Å². The number of halogens is 3. The Morgan fingerprint density at radius 1 is 1.22 bits per heavy atom. The third-order valence-corrected chi connectivity index (χ3v) is 5.21. The highest BCUT2D eigenvalue weighted by atomic mass is 19.4. The molecular formula is C17H22F3N5O2. The van der Waals surface area contributed by atoms with Crippen LogP contribution in [0.2, 0.25) is 0 Å². The number of alkyl halides is 3. The molecule has 1 saturated carbocycles. The molecule has 1 aliphatic rings. The van der Waals surface area contributed by atoms with Crippen molar-refractivity contribution in [3.05, 3.63) is 17.0 Å². The Labute approximate surface area is 154 Å². The van der Waals surface area contributed by atoms with Gasteiger partial charge in [-0.15, -0.1) is 15.3 Å². The molecule has 2 aromatic heterocycles. The maximum atomic E-state index is 13.2. The van der Waals surface area contributed by atoms with Crippen molar-refractivity contribution in [1.29, 1.82) is 0 Å². The summed E-state index contributed by atoms with van der Waals surface area (Å²) in [5, 5.41) is 14.0. The molecule has 148 valence electrons. The van der Waals surface area contributed by atoms with Crippen LogP contribution in [0.3, 0.4) is 0 Å². The molecule has 1 N–H and O–H groups in total. The number of aromatic nitrogens is 4. The van der Waals surface area contributed by atoms with Crippen LogP contribution in [0.1, 0.15) is 49.6 Å². The van der Waals surface area contributed by atoms with Gasteiger partial charge in [-0.2, -0.15) is 17.7 Å². The Bertz CT molecular complexity index is 856. The summed E-state index contributed by atoms with van der Waals surface area (Å²) in [5.74, 6) is -1.17. The molecule has 0 radical (unpaired) electrons. The van der Waals surface area contributed by atoms with Crippen LogP contribution >= 0.6 is 0 Å². The van der Waals surface area contributed by atoms with Crippen molar-refractivity contribution in [1.82, 2.24) is 19.8 Å². The van der Waals surface area contributed by atoms with E-state index in [1.165, 1.54) is 0 Å². The lowest BCUT2D eigenvalue weighted by atomic mass is 9.86. The number of nitrogens with zero attached hydrogens (tertiary/aromatic N) is 4. The zero-order chi connectivity index (χ0) is 19.8. The molecule has 1 aliphatic carbocycles. The van der Waals surface area contributed by atoms with Crippen LogP contribution in [-0.4, -0.2) is 38.9 Å². The van der Waals surface area contributed by atoms with Gasteiger partial charge in [-0.25, -0.2) is 0 Å². The number of carbonyl (C=O) groups is 1. The molecule has 0 bridgehead atoms. The first-order chi connectivity index (χ1) is 12.7. The van der Waals surface area contributed by atoms with Crippen LogP contribution in [0.25, 0.3) is 5.65 Å². The Balaban J connectivity index is 1.94. The van der Waals surface area contributed by atoms with Crippen molar-refractivity contribution in [3.63, 3.8) is 0 Å². The van der Waals surface area contributed by atoms with Gasteiger partial charge in [-0.05, 0) is 39.2 Å². The maximum absolute atomic E-state index is 13.2. The third kappa shape index (κ3) is 3.44. The molecule has 1 fully saturated rings. The largest absolute Gasteiger partial charge is 0.466 e. The molecule has 3 rings (SSSR count). The van der Waals surface area contributed by atoms with Gasteiger partial charge < -0.3 is 10.1 Å². The molecule has 0 spiro atoms. The topological polar surface area (TPSA) is 81.4 Å². The van der Waals surface area contributed by atoms with Crippen molar-refractivity contribution in [3.8, 4) is 0 Å². The number of fused-ring (bicyclic) bond motifs is 1. The summed E-state index contributed by atoms with van der Waals surface area (Å²) in [4.78, 5) is 12.4. The number of aryl methyl sites for hydroxylation is 1. The number of nitrogens with one attached hydrogen (secondary N) is 1. The van der Waals surface area contributed by atoms with Gasteiger partial charge in [0.05, 0.1) is 12.0 Å². The van der Waals surface area contributed by atoms with E-state index in [9.17, 15) is 18.0 Å². The molecule has 27 heavy (non-hydrogen) atoms. The molecular weight excluding hydrogens is 363 g/mol. The fourth-order valence-corrected chi connectivity index (χ4v) is 3.52. The number of anilines is 1. The van der Waals surface area contributed by atoms with Crippen molar-refractivity contribution in [2.24, 2.45) is 5.41 Å². The van der Waals surface area contributed by atoms with Gasteiger partial charge in [-0.3, -0.25) is 4.79 Å². The molecule has 7 nitrogen and oxygen atoms in total. The lowest BCUT2D eigenvalue weighted by molar-refractivity contribution is -0.154. The summed E-state index contributed by atoms with van der Waals surface area (Å²) >= 11 is 0. The predicted octanol–water partition coefficient (Wildman–Crippen LogP) is 3.30. The molecule has 0 aliphatic heterocycles. The van der Waals surface area contributed by atoms with E-state index in [-0.39, 0.29) is 24.0 Å². The summed E-state index contributed by atoms with van der Waals surface area (Å²) in [6, 6.07) is 0. The van der Waals surface area contributed by atoms with E-state index < -0.39 is 17.4 Å². The number of rotatable bonds is 5. The second-order valence-corrected chi connectivity index (χ2v) is 6.92. The SMILES string of the molecule is CCOC(=O)C1(CNc2nn3c(C(F)(F)F)nnc3c(C)c2C)CCCC1. The van der Waals surface area contributed by atoms with E-state index in [0.717, 1.165) is 12.8 Å². The molecule has 0 saturated heterocycles. The zero-order valence-electron chi connectivity index (χ0n) is 15.5. The predicted molar refractivity (Wildman–Crippen MR) is 91.3 cm³/mol. The van der Waals surface area contributed by atoms with Gasteiger partial charge in [0.25, 0.3) is 5.82 Å². The van der Waals surface area contributed by atoms with Crippen LogP contribution < -0.4 is 5.32 Å². The minimum atomic E-state index is -4.66. The van der Waals surface area contributed by atoms with Crippen LogP contribution in [-0.2, 0) is 15.7 Å². The molecule has 2 aromatic rings. The highest BCUT2D eigenvalue weighted by Crippen LogP contribution is 2.40. The first kappa shape index (κ1) is 19.4. The Hall–Kier alpha value is -2.39. The third-order valence-electron chi connectivity index (χ3n) is 5.21. The summed E-state index contributed by atoms with van der Waals surface area (Å²) in [5.41, 5.74) is 0.603. The number of hydrogen-bond acceptors (Lipinski definition) is 6. The fourth-order valence-electron chi connectivity index (χ4n) is 3.52. The smallest absolute Gasteiger partial charge is 0.453 e. The Morgan fingerprint density at radius 3 is 2.48 bits per heavy atom. The highest BCUT2D eigenvalue weighted by molar-refractivity contribution is 5.78.